The van der Waals surface area contributed by atoms with Gasteiger partial charge in [-0.1, -0.05) is 60.4 Å². The van der Waals surface area contributed by atoms with E-state index in [1.807, 2.05) is 42.5 Å². The fourth-order valence-corrected chi connectivity index (χ4v) is 4.72. The zero-order valence-corrected chi connectivity index (χ0v) is 18.4. The van der Waals surface area contributed by atoms with Gasteiger partial charge in [0.2, 0.25) is 5.91 Å². The molecule has 2 amide bonds. The number of rotatable bonds is 3. The summed E-state index contributed by atoms with van der Waals surface area (Å²) < 4.78 is 5.53. The summed E-state index contributed by atoms with van der Waals surface area (Å²) in [5.74, 6) is 6.14. The van der Waals surface area contributed by atoms with E-state index in [-0.39, 0.29) is 25.0 Å². The number of carbonyl (C=O) groups excluding carboxylic acids is 2. The van der Waals surface area contributed by atoms with Crippen LogP contribution in [0.15, 0.2) is 66.7 Å². The van der Waals surface area contributed by atoms with E-state index < -0.39 is 6.09 Å². The van der Waals surface area contributed by atoms with Gasteiger partial charge in [0.1, 0.15) is 6.61 Å². The van der Waals surface area contributed by atoms with Crippen molar-refractivity contribution in [2.45, 2.75) is 19.3 Å². The molecule has 1 aliphatic heterocycles. The summed E-state index contributed by atoms with van der Waals surface area (Å²) in [6, 6.07) is 22.4. The predicted molar refractivity (Wildman–Crippen MR) is 128 cm³/mol. The second kappa shape index (κ2) is 8.84. The lowest BCUT2D eigenvalue weighted by atomic mass is 9.98. The van der Waals surface area contributed by atoms with Gasteiger partial charge in [0.15, 0.2) is 0 Å². The number of nitrogens with one attached hydrogen (secondary N) is 1. The summed E-state index contributed by atoms with van der Waals surface area (Å²) in [6.07, 6.45) is 0.361. The average Bonchev–Trinajstić information content (AvgIpc) is 3.40. The highest BCUT2D eigenvalue weighted by Gasteiger charge is 2.29. The highest BCUT2D eigenvalue weighted by molar-refractivity contribution is 5.93. The molecule has 5 heteroatoms. The Morgan fingerprint density at radius 1 is 1.03 bits per heavy atom. The first-order valence-corrected chi connectivity index (χ1v) is 11.1. The second-order valence-corrected chi connectivity index (χ2v) is 8.25. The van der Waals surface area contributed by atoms with Crippen LogP contribution in [0, 0.1) is 11.8 Å². The van der Waals surface area contributed by atoms with Gasteiger partial charge in [0.25, 0.3) is 0 Å². The molecule has 1 aliphatic carbocycles. The molecule has 0 aromatic heterocycles. The van der Waals surface area contributed by atoms with Gasteiger partial charge in [-0.05, 0) is 52.4 Å². The number of nitrogens with zero attached hydrogens (tertiary/aromatic N) is 1. The number of fused-ring (bicyclic) bond motifs is 4. The molecule has 1 heterocycles. The third-order valence-electron chi connectivity index (χ3n) is 6.25. The Balaban J connectivity index is 1.16. The van der Waals surface area contributed by atoms with Crippen molar-refractivity contribution < 1.29 is 14.3 Å². The van der Waals surface area contributed by atoms with Crippen molar-refractivity contribution >= 4 is 17.7 Å². The first kappa shape index (κ1) is 20.8. The van der Waals surface area contributed by atoms with Crippen LogP contribution in [0.1, 0.15) is 35.1 Å². The SMILES string of the molecule is CC(=O)N1CCc2cc(C#CCNC(=O)OCC3c4ccccc4-c4ccccc43)ccc21. The molecule has 0 saturated carbocycles. The average molecular weight is 437 g/mol. The Labute approximate surface area is 193 Å². The normalized spacial score (nSPS) is 13.4. The quantitative estimate of drug-likeness (QED) is 0.616. The lowest BCUT2D eigenvalue weighted by molar-refractivity contribution is -0.116. The molecule has 0 radical (unpaired) electrons. The van der Waals surface area contributed by atoms with Crippen LogP contribution in [-0.2, 0) is 16.0 Å². The smallest absolute Gasteiger partial charge is 0.407 e. The third-order valence-corrected chi connectivity index (χ3v) is 6.25. The predicted octanol–water partition coefficient (Wildman–Crippen LogP) is 4.49. The minimum absolute atomic E-state index is 0.0372. The Morgan fingerprint density at radius 2 is 1.73 bits per heavy atom. The first-order chi connectivity index (χ1) is 16.1. The maximum Gasteiger partial charge on any atom is 0.407 e. The van der Waals surface area contributed by atoms with Gasteiger partial charge in [0, 0.05) is 30.6 Å². The summed E-state index contributed by atoms with van der Waals surface area (Å²) in [6.45, 7) is 2.78. The van der Waals surface area contributed by atoms with Gasteiger partial charge in [-0.2, -0.15) is 0 Å². The fraction of sp³-hybridized carbons (Fsp3) is 0.214. The summed E-state index contributed by atoms with van der Waals surface area (Å²) in [7, 11) is 0. The number of ether oxygens (including phenoxy) is 1. The van der Waals surface area contributed by atoms with Crippen molar-refractivity contribution in [3.8, 4) is 23.0 Å². The van der Waals surface area contributed by atoms with Crippen molar-refractivity contribution in [1.29, 1.82) is 0 Å². The maximum absolute atomic E-state index is 12.2. The number of amides is 2. The van der Waals surface area contributed by atoms with Gasteiger partial charge in [-0.25, -0.2) is 4.79 Å². The minimum atomic E-state index is -0.475. The lowest BCUT2D eigenvalue weighted by Gasteiger charge is -2.14. The van der Waals surface area contributed by atoms with Crippen molar-refractivity contribution in [1.82, 2.24) is 5.32 Å². The summed E-state index contributed by atoms with van der Waals surface area (Å²) in [5, 5.41) is 2.71. The number of anilines is 1. The summed E-state index contributed by atoms with van der Waals surface area (Å²) in [5.41, 5.74) is 7.74. The molecule has 33 heavy (non-hydrogen) atoms. The second-order valence-electron chi connectivity index (χ2n) is 8.25. The van der Waals surface area contributed by atoms with Crippen LogP contribution >= 0.6 is 0 Å². The van der Waals surface area contributed by atoms with Crippen molar-refractivity contribution in [3.63, 3.8) is 0 Å². The molecule has 3 aromatic carbocycles. The highest BCUT2D eigenvalue weighted by atomic mass is 16.5. The molecule has 0 saturated heterocycles. The fourth-order valence-electron chi connectivity index (χ4n) is 4.72. The van der Waals surface area contributed by atoms with Crippen LogP contribution in [0.2, 0.25) is 0 Å². The van der Waals surface area contributed by atoms with Gasteiger partial charge in [-0.3, -0.25) is 4.79 Å². The molecule has 0 unspecified atom stereocenters. The van der Waals surface area contributed by atoms with Crippen LogP contribution in [0.25, 0.3) is 11.1 Å². The van der Waals surface area contributed by atoms with Gasteiger partial charge in [-0.15, -0.1) is 0 Å². The van der Waals surface area contributed by atoms with E-state index in [1.54, 1.807) is 11.8 Å². The molecule has 0 spiro atoms. The first-order valence-electron chi connectivity index (χ1n) is 11.1. The standard InChI is InChI=1S/C28H24N2O3/c1-19(31)30-16-14-21-17-20(12-13-27(21)30)7-6-15-29-28(32)33-18-26-24-10-4-2-8-22(24)23-9-3-5-11-25(23)26/h2-5,8-13,17,26H,14-16,18H2,1H3,(H,29,32). The topological polar surface area (TPSA) is 58.6 Å². The van der Waals surface area contributed by atoms with Crippen LogP contribution in [0.5, 0.6) is 0 Å². The number of benzene rings is 3. The van der Waals surface area contributed by atoms with E-state index >= 15 is 0 Å². The van der Waals surface area contributed by atoms with E-state index in [0.717, 1.165) is 23.2 Å². The molecule has 3 aromatic rings. The molecule has 5 rings (SSSR count). The number of hydrogen-bond donors (Lipinski definition) is 1. The molecule has 164 valence electrons. The monoisotopic (exact) mass is 436 g/mol. The zero-order chi connectivity index (χ0) is 22.8. The molecule has 2 aliphatic rings. The van der Waals surface area contributed by atoms with Crippen molar-refractivity contribution in [2.75, 3.05) is 24.6 Å². The van der Waals surface area contributed by atoms with Gasteiger partial charge >= 0.3 is 6.09 Å². The molecule has 5 nitrogen and oxygen atoms in total. The molecular weight excluding hydrogens is 412 g/mol. The van der Waals surface area contributed by atoms with Gasteiger partial charge in [0.05, 0.1) is 6.54 Å². The van der Waals surface area contributed by atoms with Crippen molar-refractivity contribution in [3.05, 3.63) is 89.0 Å². The Morgan fingerprint density at radius 3 is 2.42 bits per heavy atom. The molecule has 0 fully saturated rings. The van der Waals surface area contributed by atoms with Crippen LogP contribution in [-0.4, -0.2) is 31.7 Å². The zero-order valence-electron chi connectivity index (χ0n) is 18.4. The van der Waals surface area contributed by atoms with Crippen LogP contribution in [0.4, 0.5) is 10.5 Å². The number of carbonyl (C=O) groups is 2. The minimum Gasteiger partial charge on any atom is -0.449 e. The largest absolute Gasteiger partial charge is 0.449 e. The van der Waals surface area contributed by atoms with E-state index in [9.17, 15) is 9.59 Å². The van der Waals surface area contributed by atoms with E-state index in [1.165, 1.54) is 22.3 Å². The highest BCUT2D eigenvalue weighted by Crippen LogP contribution is 2.44. The van der Waals surface area contributed by atoms with E-state index in [4.69, 9.17) is 4.74 Å². The molecule has 0 atom stereocenters. The molecule has 1 N–H and O–H groups in total. The Bertz CT molecular complexity index is 1260. The number of alkyl carbamates (subject to hydrolysis) is 1. The number of hydrogen-bond acceptors (Lipinski definition) is 3. The van der Waals surface area contributed by atoms with Crippen molar-refractivity contribution in [2.24, 2.45) is 0 Å². The molecule has 0 bridgehead atoms. The van der Waals surface area contributed by atoms with E-state index in [2.05, 4.69) is 41.4 Å². The van der Waals surface area contributed by atoms with Gasteiger partial charge < -0.3 is 15.0 Å². The summed E-state index contributed by atoms with van der Waals surface area (Å²) >= 11 is 0. The maximum atomic E-state index is 12.2. The third kappa shape index (κ3) is 4.08. The Hall–Kier alpha value is -4.04. The van der Waals surface area contributed by atoms with Crippen LogP contribution in [0.3, 0.4) is 0 Å². The lowest BCUT2D eigenvalue weighted by Crippen LogP contribution is -2.26. The molecular formula is C28H24N2O3. The Kier molecular flexibility index (Phi) is 5.58. The van der Waals surface area contributed by atoms with E-state index in [0.29, 0.717) is 6.54 Å². The van der Waals surface area contributed by atoms with Crippen LogP contribution < -0.4 is 10.2 Å². The summed E-state index contributed by atoms with van der Waals surface area (Å²) in [4.78, 5) is 25.7.